The first-order valence-corrected chi connectivity index (χ1v) is 3.83. The predicted molar refractivity (Wildman–Crippen MR) is 44.4 cm³/mol. The topological polar surface area (TPSA) is 35.5 Å². The number of esters is 1. The lowest BCUT2D eigenvalue weighted by Crippen LogP contribution is -1.97. The normalized spacial score (nSPS) is 15.4. The van der Waals surface area contributed by atoms with Crippen molar-refractivity contribution < 1.29 is 14.3 Å². The monoisotopic (exact) mass is 168 g/mol. The summed E-state index contributed by atoms with van der Waals surface area (Å²) in [5, 5.41) is 0. The molecule has 0 aromatic rings. The second-order valence-corrected chi connectivity index (χ2v) is 2.77. The molecule has 0 aliphatic carbocycles. The van der Waals surface area contributed by atoms with Crippen LogP contribution in [0.3, 0.4) is 0 Å². The van der Waals surface area contributed by atoms with Crippen LogP contribution in [0.2, 0.25) is 0 Å². The average Bonchev–Trinajstić information content (AvgIpc) is 2.35. The van der Waals surface area contributed by atoms with Crippen molar-refractivity contribution in [2.75, 3.05) is 13.2 Å². The Morgan fingerprint density at radius 2 is 2.58 bits per heavy atom. The van der Waals surface area contributed by atoms with E-state index < -0.39 is 0 Å². The van der Waals surface area contributed by atoms with Crippen molar-refractivity contribution in [3.8, 4) is 0 Å². The van der Waals surface area contributed by atoms with E-state index in [9.17, 15) is 4.79 Å². The molecule has 12 heavy (non-hydrogen) atoms. The van der Waals surface area contributed by atoms with E-state index in [4.69, 9.17) is 4.74 Å². The van der Waals surface area contributed by atoms with E-state index >= 15 is 0 Å². The molecule has 0 spiro atoms. The lowest BCUT2D eigenvalue weighted by atomic mass is 10.3. The smallest absolute Gasteiger partial charge is 0.334 e. The van der Waals surface area contributed by atoms with Gasteiger partial charge in [0.05, 0.1) is 12.7 Å². The van der Waals surface area contributed by atoms with Crippen molar-refractivity contribution in [2.24, 2.45) is 0 Å². The first-order chi connectivity index (χ1) is 5.68. The molecule has 0 saturated carbocycles. The zero-order valence-electron chi connectivity index (χ0n) is 7.13. The van der Waals surface area contributed by atoms with Gasteiger partial charge in [-0.15, -0.1) is 6.58 Å². The van der Waals surface area contributed by atoms with Crippen LogP contribution in [0, 0.1) is 0 Å². The summed E-state index contributed by atoms with van der Waals surface area (Å²) in [5.41, 5.74) is 1.07. The first kappa shape index (κ1) is 8.84. The third-order valence-corrected chi connectivity index (χ3v) is 1.45. The number of carbonyl (C=O) groups is 1. The van der Waals surface area contributed by atoms with Gasteiger partial charge in [-0.2, -0.15) is 0 Å². The summed E-state index contributed by atoms with van der Waals surface area (Å²) >= 11 is 0. The molecule has 1 aliphatic heterocycles. The van der Waals surface area contributed by atoms with Gasteiger partial charge >= 0.3 is 5.97 Å². The number of ether oxygens (including phenoxy) is 2. The van der Waals surface area contributed by atoms with E-state index in [0.29, 0.717) is 12.4 Å². The summed E-state index contributed by atoms with van der Waals surface area (Å²) in [7, 11) is 0. The van der Waals surface area contributed by atoms with Gasteiger partial charge in [0, 0.05) is 6.42 Å². The van der Waals surface area contributed by atoms with Crippen LogP contribution in [0.15, 0.2) is 24.0 Å². The predicted octanol–water partition coefficient (Wildman–Crippen LogP) is 1.41. The van der Waals surface area contributed by atoms with Gasteiger partial charge in [-0.3, -0.25) is 0 Å². The molecular formula is C9H12O3. The van der Waals surface area contributed by atoms with Gasteiger partial charge in [-0.25, -0.2) is 4.79 Å². The fourth-order valence-corrected chi connectivity index (χ4v) is 0.797. The van der Waals surface area contributed by atoms with E-state index in [1.165, 1.54) is 6.08 Å². The van der Waals surface area contributed by atoms with Crippen LogP contribution in [-0.2, 0) is 14.3 Å². The molecule has 66 valence electrons. The minimum Gasteiger partial charge on any atom is -0.494 e. The Kier molecular flexibility index (Phi) is 2.91. The lowest BCUT2D eigenvalue weighted by Gasteiger charge is -2.04. The van der Waals surface area contributed by atoms with Crippen LogP contribution in [-0.4, -0.2) is 19.2 Å². The van der Waals surface area contributed by atoms with Gasteiger partial charge in [0.1, 0.15) is 12.4 Å². The van der Waals surface area contributed by atoms with E-state index in [1.807, 2.05) is 6.92 Å². The second-order valence-electron chi connectivity index (χ2n) is 2.77. The van der Waals surface area contributed by atoms with Gasteiger partial charge in [0.25, 0.3) is 0 Å². The fourth-order valence-electron chi connectivity index (χ4n) is 0.797. The Hall–Kier alpha value is -1.25. The van der Waals surface area contributed by atoms with Gasteiger partial charge in [0.15, 0.2) is 0 Å². The molecule has 0 radical (unpaired) electrons. The van der Waals surface area contributed by atoms with Gasteiger partial charge in [-0.1, -0.05) is 5.57 Å². The summed E-state index contributed by atoms with van der Waals surface area (Å²) in [5.74, 6) is 0.293. The highest BCUT2D eigenvalue weighted by Gasteiger charge is 2.13. The maximum atomic E-state index is 10.6. The quantitative estimate of drug-likeness (QED) is 0.470. The van der Waals surface area contributed by atoms with Crippen molar-refractivity contribution in [2.45, 2.75) is 13.3 Å². The summed E-state index contributed by atoms with van der Waals surface area (Å²) in [6.45, 7) is 6.52. The zero-order valence-corrected chi connectivity index (χ0v) is 7.13. The van der Waals surface area contributed by atoms with Crippen LogP contribution in [0.25, 0.3) is 0 Å². The highest BCUT2D eigenvalue weighted by Crippen LogP contribution is 2.08. The largest absolute Gasteiger partial charge is 0.494 e. The Balaban J connectivity index is 2.20. The molecule has 0 N–H and O–H groups in total. The molecule has 1 rings (SSSR count). The van der Waals surface area contributed by atoms with Crippen LogP contribution >= 0.6 is 0 Å². The Labute approximate surface area is 71.7 Å². The van der Waals surface area contributed by atoms with Crippen LogP contribution in [0.5, 0.6) is 0 Å². The van der Waals surface area contributed by atoms with Crippen LogP contribution in [0.1, 0.15) is 13.3 Å². The molecule has 0 fully saturated rings. The van der Waals surface area contributed by atoms with Crippen LogP contribution in [0.4, 0.5) is 0 Å². The minimum absolute atomic E-state index is 0.273. The molecule has 0 bridgehead atoms. The Morgan fingerprint density at radius 1 is 1.83 bits per heavy atom. The van der Waals surface area contributed by atoms with Crippen molar-refractivity contribution >= 4 is 5.97 Å². The first-order valence-electron chi connectivity index (χ1n) is 3.83. The molecule has 0 atom stereocenters. The summed E-state index contributed by atoms with van der Waals surface area (Å²) < 4.78 is 9.88. The number of hydrogen-bond donors (Lipinski definition) is 0. The van der Waals surface area contributed by atoms with Gasteiger partial charge in [-0.05, 0) is 6.92 Å². The lowest BCUT2D eigenvalue weighted by molar-refractivity contribution is -0.135. The second kappa shape index (κ2) is 3.95. The number of hydrogen-bond acceptors (Lipinski definition) is 3. The molecule has 1 heterocycles. The van der Waals surface area contributed by atoms with E-state index in [2.05, 4.69) is 11.3 Å². The molecule has 0 unspecified atom stereocenters. The van der Waals surface area contributed by atoms with Crippen LogP contribution < -0.4 is 0 Å². The summed E-state index contributed by atoms with van der Waals surface area (Å²) in [4.78, 5) is 10.6. The van der Waals surface area contributed by atoms with E-state index in [-0.39, 0.29) is 12.6 Å². The minimum atomic E-state index is -0.319. The van der Waals surface area contributed by atoms with E-state index in [0.717, 1.165) is 12.0 Å². The maximum Gasteiger partial charge on any atom is 0.334 e. The van der Waals surface area contributed by atoms with Crippen molar-refractivity contribution in [3.05, 3.63) is 24.0 Å². The standard InChI is InChI=1S/C9H12O3/c1-7(2)3-4-11-8-5-9(10)12-6-8/h5H,1,3-4,6H2,2H3. The van der Waals surface area contributed by atoms with Gasteiger partial charge in [0.2, 0.25) is 0 Å². The Bertz CT molecular complexity index is 228. The number of rotatable bonds is 4. The molecule has 0 amide bonds. The van der Waals surface area contributed by atoms with Gasteiger partial charge < -0.3 is 9.47 Å². The fraction of sp³-hybridized carbons (Fsp3) is 0.444. The van der Waals surface area contributed by atoms with Crippen molar-refractivity contribution in [1.82, 2.24) is 0 Å². The maximum absolute atomic E-state index is 10.6. The molecule has 3 nitrogen and oxygen atoms in total. The summed E-state index contributed by atoms with van der Waals surface area (Å²) in [6, 6.07) is 0. The SMILES string of the molecule is C=C(C)CCOC1=CC(=O)OC1. The number of carbonyl (C=O) groups excluding carboxylic acids is 1. The molecule has 3 heteroatoms. The average molecular weight is 168 g/mol. The van der Waals surface area contributed by atoms with Crippen molar-refractivity contribution in [1.29, 1.82) is 0 Å². The highest BCUT2D eigenvalue weighted by atomic mass is 16.6. The highest BCUT2D eigenvalue weighted by molar-refractivity contribution is 5.84. The molecule has 0 saturated heterocycles. The molecule has 0 aromatic heterocycles. The zero-order chi connectivity index (χ0) is 8.97. The van der Waals surface area contributed by atoms with E-state index in [1.54, 1.807) is 0 Å². The number of cyclic esters (lactones) is 1. The third kappa shape index (κ3) is 2.78. The molecule has 0 aromatic carbocycles. The van der Waals surface area contributed by atoms with Crippen molar-refractivity contribution in [3.63, 3.8) is 0 Å². The Morgan fingerprint density at radius 3 is 3.08 bits per heavy atom. The molecule has 1 aliphatic rings. The third-order valence-electron chi connectivity index (χ3n) is 1.45. The summed E-state index contributed by atoms with van der Waals surface area (Å²) in [6.07, 6.45) is 2.18. The molecular weight excluding hydrogens is 156 g/mol.